The van der Waals surface area contributed by atoms with Crippen LogP contribution in [0.25, 0.3) is 0 Å². The zero-order chi connectivity index (χ0) is 15.4. The number of hydrogen-bond acceptors (Lipinski definition) is 4. The molecule has 116 valence electrons. The summed E-state index contributed by atoms with van der Waals surface area (Å²) in [5, 5.41) is 2.80. The maximum Gasteiger partial charge on any atom is 0.253 e. The van der Waals surface area contributed by atoms with Gasteiger partial charge in [0, 0.05) is 0 Å². The van der Waals surface area contributed by atoms with E-state index >= 15 is 0 Å². The summed E-state index contributed by atoms with van der Waals surface area (Å²) in [4.78, 5) is 12.2. The molecule has 5 nitrogen and oxygen atoms in total. The summed E-state index contributed by atoms with van der Waals surface area (Å²) in [6.45, 7) is 5.82. The predicted molar refractivity (Wildman–Crippen MR) is 83.1 cm³/mol. The van der Waals surface area contributed by atoms with Crippen molar-refractivity contribution in [2.75, 3.05) is 11.1 Å². The third-order valence-corrected chi connectivity index (χ3v) is 3.64. The molecule has 3 N–H and O–H groups in total. The van der Waals surface area contributed by atoms with Gasteiger partial charge in [0.05, 0.1) is 29.7 Å². The molecule has 2 rings (SSSR count). The number of para-hydroxylation sites is 2. The number of ether oxygens (including phenoxy) is 2. The second-order valence-corrected chi connectivity index (χ2v) is 5.71. The van der Waals surface area contributed by atoms with Crippen LogP contribution in [-0.4, -0.2) is 30.3 Å². The Balaban J connectivity index is 1.89. The molecule has 21 heavy (non-hydrogen) atoms. The molecule has 1 fully saturated rings. The Morgan fingerprint density at radius 1 is 1.33 bits per heavy atom. The first-order chi connectivity index (χ1) is 9.95. The Kier molecular flexibility index (Phi) is 5.20. The molecular weight excluding hydrogens is 268 g/mol. The number of carbonyl (C=O) groups is 1. The van der Waals surface area contributed by atoms with E-state index in [9.17, 15) is 4.79 Å². The smallest absolute Gasteiger partial charge is 0.253 e. The van der Waals surface area contributed by atoms with Gasteiger partial charge in [-0.2, -0.15) is 0 Å². The lowest BCUT2D eigenvalue weighted by Gasteiger charge is -2.33. The molecule has 1 heterocycles. The van der Waals surface area contributed by atoms with Crippen LogP contribution in [0, 0.1) is 0 Å². The molecule has 0 aromatic heterocycles. The molecule has 0 spiro atoms. The second-order valence-electron chi connectivity index (χ2n) is 5.71. The van der Waals surface area contributed by atoms with Crippen molar-refractivity contribution in [1.29, 1.82) is 0 Å². The van der Waals surface area contributed by atoms with Crippen molar-refractivity contribution in [1.82, 2.24) is 0 Å². The molecule has 1 aromatic rings. The highest BCUT2D eigenvalue weighted by atomic mass is 16.5. The Morgan fingerprint density at radius 3 is 2.57 bits per heavy atom. The van der Waals surface area contributed by atoms with Gasteiger partial charge in [-0.1, -0.05) is 12.1 Å². The quantitative estimate of drug-likeness (QED) is 0.836. The Morgan fingerprint density at radius 2 is 1.95 bits per heavy atom. The van der Waals surface area contributed by atoms with Gasteiger partial charge < -0.3 is 20.5 Å². The SMILES string of the molecule is CC1CC(OC(C)C(=O)Nc2ccccc2N)CC(C)O1. The van der Waals surface area contributed by atoms with Crippen molar-refractivity contribution in [3.63, 3.8) is 0 Å². The molecule has 1 aromatic carbocycles. The third kappa shape index (κ3) is 4.44. The molecule has 1 aliphatic heterocycles. The van der Waals surface area contributed by atoms with Crippen molar-refractivity contribution in [2.24, 2.45) is 0 Å². The minimum Gasteiger partial charge on any atom is -0.397 e. The number of nitrogen functional groups attached to an aromatic ring is 1. The predicted octanol–water partition coefficient (Wildman–Crippen LogP) is 2.57. The monoisotopic (exact) mass is 292 g/mol. The summed E-state index contributed by atoms with van der Waals surface area (Å²) in [6.07, 6.45) is 1.49. The molecule has 0 saturated carbocycles. The van der Waals surface area contributed by atoms with Gasteiger partial charge in [-0.05, 0) is 45.7 Å². The van der Waals surface area contributed by atoms with Crippen molar-refractivity contribution in [2.45, 2.75) is 58.0 Å². The van der Waals surface area contributed by atoms with Crippen LogP contribution < -0.4 is 11.1 Å². The lowest BCUT2D eigenvalue weighted by atomic mass is 10.0. The van der Waals surface area contributed by atoms with Gasteiger partial charge in [0.2, 0.25) is 0 Å². The number of nitrogens with one attached hydrogen (secondary N) is 1. The molecule has 1 aliphatic rings. The molecule has 1 amide bonds. The van der Waals surface area contributed by atoms with Crippen LogP contribution in [0.4, 0.5) is 11.4 Å². The van der Waals surface area contributed by atoms with E-state index in [1.54, 1.807) is 19.1 Å². The molecule has 5 heteroatoms. The van der Waals surface area contributed by atoms with Crippen molar-refractivity contribution in [3.8, 4) is 0 Å². The van der Waals surface area contributed by atoms with Crippen LogP contribution >= 0.6 is 0 Å². The van der Waals surface area contributed by atoms with Gasteiger partial charge in [0.25, 0.3) is 5.91 Å². The highest BCUT2D eigenvalue weighted by Crippen LogP contribution is 2.23. The number of hydrogen-bond donors (Lipinski definition) is 2. The Hall–Kier alpha value is -1.59. The first-order valence-electron chi connectivity index (χ1n) is 7.42. The number of benzene rings is 1. The summed E-state index contributed by atoms with van der Waals surface area (Å²) in [7, 11) is 0. The largest absolute Gasteiger partial charge is 0.397 e. The van der Waals surface area contributed by atoms with Crippen molar-refractivity contribution in [3.05, 3.63) is 24.3 Å². The second kappa shape index (κ2) is 6.91. The summed E-state index contributed by atoms with van der Waals surface area (Å²) in [5.41, 5.74) is 6.98. The zero-order valence-electron chi connectivity index (χ0n) is 12.8. The minimum atomic E-state index is -0.521. The molecule has 1 saturated heterocycles. The maximum absolute atomic E-state index is 12.2. The van der Waals surface area contributed by atoms with E-state index in [0.29, 0.717) is 11.4 Å². The number of carbonyl (C=O) groups excluding carboxylic acids is 1. The Bertz CT molecular complexity index is 482. The third-order valence-electron chi connectivity index (χ3n) is 3.64. The fourth-order valence-corrected chi connectivity index (χ4v) is 2.65. The van der Waals surface area contributed by atoms with Gasteiger partial charge in [-0.3, -0.25) is 4.79 Å². The standard InChI is InChI=1S/C16H24N2O3/c1-10-8-13(9-11(2)20-10)21-12(3)16(19)18-15-7-5-4-6-14(15)17/h4-7,10-13H,8-9,17H2,1-3H3,(H,18,19). The maximum atomic E-state index is 12.2. The topological polar surface area (TPSA) is 73.6 Å². The summed E-state index contributed by atoms with van der Waals surface area (Å²) in [6, 6.07) is 7.19. The highest BCUT2D eigenvalue weighted by molar-refractivity contribution is 5.96. The van der Waals surface area contributed by atoms with Gasteiger partial charge in [0.1, 0.15) is 6.10 Å². The first kappa shape index (κ1) is 15.8. The molecule has 0 radical (unpaired) electrons. The lowest BCUT2D eigenvalue weighted by Crippen LogP contribution is -2.39. The van der Waals surface area contributed by atoms with Gasteiger partial charge in [0.15, 0.2) is 0 Å². The van der Waals surface area contributed by atoms with Crippen LogP contribution in [0.15, 0.2) is 24.3 Å². The van der Waals surface area contributed by atoms with Crippen molar-refractivity contribution < 1.29 is 14.3 Å². The van der Waals surface area contributed by atoms with Crippen LogP contribution in [-0.2, 0) is 14.3 Å². The highest BCUT2D eigenvalue weighted by Gasteiger charge is 2.28. The average molecular weight is 292 g/mol. The summed E-state index contributed by atoms with van der Waals surface area (Å²) < 4.78 is 11.5. The molecular formula is C16H24N2O3. The summed E-state index contributed by atoms with van der Waals surface area (Å²) in [5.74, 6) is -0.181. The van der Waals surface area contributed by atoms with Crippen LogP contribution in [0.3, 0.4) is 0 Å². The van der Waals surface area contributed by atoms with Gasteiger partial charge in [-0.15, -0.1) is 0 Å². The average Bonchev–Trinajstić information content (AvgIpc) is 2.40. The number of amides is 1. The minimum absolute atomic E-state index is 0.0534. The van der Waals surface area contributed by atoms with E-state index < -0.39 is 6.10 Å². The van der Waals surface area contributed by atoms with E-state index in [1.165, 1.54) is 0 Å². The summed E-state index contributed by atoms with van der Waals surface area (Å²) >= 11 is 0. The first-order valence-corrected chi connectivity index (χ1v) is 7.42. The lowest BCUT2D eigenvalue weighted by molar-refractivity contribution is -0.143. The van der Waals surface area contributed by atoms with E-state index in [1.807, 2.05) is 26.0 Å². The van der Waals surface area contributed by atoms with E-state index in [2.05, 4.69) is 5.32 Å². The van der Waals surface area contributed by atoms with Crippen LogP contribution in [0.1, 0.15) is 33.6 Å². The van der Waals surface area contributed by atoms with E-state index in [0.717, 1.165) is 12.8 Å². The fraction of sp³-hybridized carbons (Fsp3) is 0.562. The molecule has 3 unspecified atom stereocenters. The molecule has 0 aliphatic carbocycles. The van der Waals surface area contributed by atoms with Crippen molar-refractivity contribution >= 4 is 17.3 Å². The van der Waals surface area contributed by atoms with Gasteiger partial charge >= 0.3 is 0 Å². The van der Waals surface area contributed by atoms with Gasteiger partial charge in [-0.25, -0.2) is 0 Å². The van der Waals surface area contributed by atoms with E-state index in [-0.39, 0.29) is 24.2 Å². The fourth-order valence-electron chi connectivity index (χ4n) is 2.65. The molecule has 0 bridgehead atoms. The zero-order valence-corrected chi connectivity index (χ0v) is 12.8. The van der Waals surface area contributed by atoms with E-state index in [4.69, 9.17) is 15.2 Å². The number of rotatable bonds is 4. The Labute approximate surface area is 125 Å². The normalized spacial score (nSPS) is 27.1. The van der Waals surface area contributed by atoms with Crippen LogP contribution in [0.2, 0.25) is 0 Å². The molecule has 3 atom stereocenters. The number of anilines is 2. The van der Waals surface area contributed by atoms with Crippen LogP contribution in [0.5, 0.6) is 0 Å². The number of nitrogens with two attached hydrogens (primary N) is 1.